The van der Waals surface area contributed by atoms with Gasteiger partial charge in [-0.3, -0.25) is 39.9 Å². The Morgan fingerprint density at radius 3 is 1.13 bits per heavy atom. The van der Waals surface area contributed by atoms with Gasteiger partial charge in [0, 0.05) is 146 Å². The van der Waals surface area contributed by atoms with Crippen molar-refractivity contribution in [3.05, 3.63) is 394 Å². The highest BCUT2D eigenvalue weighted by Crippen LogP contribution is 2.40. The van der Waals surface area contributed by atoms with Gasteiger partial charge in [-0.05, 0) is 199 Å². The van der Waals surface area contributed by atoms with E-state index in [4.69, 9.17) is 64.6 Å². The summed E-state index contributed by atoms with van der Waals surface area (Å²) in [7, 11) is 0. The van der Waals surface area contributed by atoms with E-state index in [-0.39, 0.29) is 25.1 Å². The van der Waals surface area contributed by atoms with Crippen molar-refractivity contribution in [3.63, 3.8) is 0 Å². The Morgan fingerprint density at radius 2 is 0.664 bits per heavy atom. The number of halogens is 10. The molecule has 20 aromatic rings. The number of imidazole rings is 2. The summed E-state index contributed by atoms with van der Waals surface area (Å²) in [6.45, 7) is 7.24. The van der Waals surface area contributed by atoms with Gasteiger partial charge in [-0.2, -0.15) is 0 Å². The standard InChI is InChI=1S/C20H12ClFN2.C19H10ClFN4.C19H11ClFN3.C18H11ClFN3.C18H10ClFN2S/c21-17-12-15(5-7-18(17)22)20-16(4-2-10-24-20)13-6-8-19-14(11-13)3-1-9-23-19;1-22-18-10-24-17-7-5-13(11-25(17)18)14-3-2-8-23-19(14)12-4-6-16(21)15(20)9-12;20-15-10-13(3-5-16(15)21)19-14(2-1-7-24-19)12-4-6-17-18(11-12)23-9-8-22-17;19-15-10-12(3-5-16(15)20)18-14(2-1-7-22-18)13-4-6-17-21-8-9-23(17)11-13;19-14-8-12(3-5-15(14)20)18-13(2-1-7-21-18)11-4-6-16-17(9-11)23-10-22-16/h1-12H;2-11H;1-11H;1-11H;1-10H. The minimum Gasteiger partial charge on any atom is -0.362 e. The molecule has 119 heavy (non-hydrogen) atoms. The molecular weight excluding hydrogens is 1630 g/mol. The number of rotatable bonds is 10. The molecule has 8 aromatic carbocycles. The zero-order valence-corrected chi connectivity index (χ0v) is 66.2. The first-order valence-corrected chi connectivity index (χ1v) is 39.0. The first kappa shape index (κ1) is 79.0. The van der Waals surface area contributed by atoms with E-state index in [1.165, 1.54) is 36.5 Å². The van der Waals surface area contributed by atoms with Crippen molar-refractivity contribution in [2.75, 3.05) is 0 Å². The average molecular weight is 1680 g/mol. The minimum absolute atomic E-state index is 0.0504. The van der Waals surface area contributed by atoms with E-state index >= 15 is 0 Å². The van der Waals surface area contributed by atoms with Crippen LogP contribution in [0.15, 0.2) is 329 Å². The molecule has 0 saturated carbocycles. The van der Waals surface area contributed by atoms with Gasteiger partial charge in [-0.25, -0.2) is 41.3 Å². The monoisotopic (exact) mass is 1680 g/mol. The van der Waals surface area contributed by atoms with Crippen LogP contribution in [-0.4, -0.2) is 63.6 Å². The summed E-state index contributed by atoms with van der Waals surface area (Å²) >= 11 is 31.2. The largest absolute Gasteiger partial charge is 0.362 e. The maximum atomic E-state index is 13.5. The first-order valence-electron chi connectivity index (χ1n) is 36.3. The Morgan fingerprint density at radius 1 is 0.294 bits per heavy atom. The van der Waals surface area contributed by atoms with Gasteiger partial charge in [-0.1, -0.05) is 119 Å². The number of hydrogen-bond acceptors (Lipinski definition) is 12. The van der Waals surface area contributed by atoms with Crippen LogP contribution in [0.2, 0.25) is 25.1 Å². The van der Waals surface area contributed by atoms with Crippen molar-refractivity contribution in [1.82, 2.24) is 63.6 Å². The first-order chi connectivity index (χ1) is 58.1. The van der Waals surface area contributed by atoms with E-state index in [0.717, 1.165) is 144 Å². The fourth-order valence-corrected chi connectivity index (χ4v) is 14.9. The highest BCUT2D eigenvalue weighted by molar-refractivity contribution is 7.16. The van der Waals surface area contributed by atoms with Crippen LogP contribution in [0, 0.1) is 35.7 Å². The molecule has 0 spiro atoms. The highest BCUT2D eigenvalue weighted by Gasteiger charge is 2.19. The molecule has 0 aliphatic heterocycles. The smallest absolute Gasteiger partial charge is 0.254 e. The number of hydrogen-bond donors (Lipinski definition) is 0. The van der Waals surface area contributed by atoms with Gasteiger partial charge in [0.2, 0.25) is 5.65 Å². The second kappa shape index (κ2) is 35.7. The molecule has 12 aromatic heterocycles. The third-order valence-corrected chi connectivity index (χ3v) is 21.2. The van der Waals surface area contributed by atoms with Crippen LogP contribution in [0.25, 0.3) is 160 Å². The summed E-state index contributed by atoms with van der Waals surface area (Å²) in [4.78, 5) is 51.5. The molecule has 12 heterocycles. The molecule has 0 fully saturated rings. The van der Waals surface area contributed by atoms with Gasteiger partial charge in [0.25, 0.3) is 5.82 Å². The van der Waals surface area contributed by atoms with Gasteiger partial charge in [0.05, 0.1) is 98.3 Å². The maximum Gasteiger partial charge on any atom is 0.254 e. The van der Waals surface area contributed by atoms with Crippen molar-refractivity contribution in [1.29, 1.82) is 0 Å². The van der Waals surface area contributed by atoms with E-state index in [1.54, 1.807) is 132 Å². The molecule has 576 valence electrons. The number of pyridine rings is 8. The topological polar surface area (TPSA) is 155 Å². The van der Waals surface area contributed by atoms with Crippen molar-refractivity contribution < 1.29 is 22.0 Å². The van der Waals surface area contributed by atoms with E-state index < -0.39 is 29.1 Å². The van der Waals surface area contributed by atoms with Crippen LogP contribution in [0.4, 0.5) is 27.8 Å². The van der Waals surface area contributed by atoms with E-state index in [0.29, 0.717) is 17.2 Å². The highest BCUT2D eigenvalue weighted by atomic mass is 35.5. The fourth-order valence-electron chi connectivity index (χ4n) is 13.2. The molecule has 0 saturated heterocycles. The Hall–Kier alpha value is -13.9. The summed E-state index contributed by atoms with van der Waals surface area (Å²) < 4.78 is 72.0. The normalized spacial score (nSPS) is 10.9. The third-order valence-electron chi connectivity index (χ3n) is 19.0. The number of thiazole rings is 1. The van der Waals surface area contributed by atoms with E-state index in [9.17, 15) is 22.0 Å². The molecule has 0 N–H and O–H groups in total. The van der Waals surface area contributed by atoms with Crippen molar-refractivity contribution in [2.45, 2.75) is 0 Å². The van der Waals surface area contributed by atoms with Gasteiger partial charge in [0.1, 0.15) is 34.7 Å². The van der Waals surface area contributed by atoms with Crippen LogP contribution < -0.4 is 0 Å². The molecule has 25 heteroatoms. The molecule has 0 aliphatic carbocycles. The SMILES string of the molecule is Fc1ccc(-c2ncccc2-c2ccc3ncccc3c2)cc1Cl.Fc1ccc(-c2ncccc2-c2ccc3nccn3c2)cc1Cl.Fc1ccc(-c2ncccc2-c2ccc3nccnc3c2)cc1Cl.Fc1ccc(-c2ncccc2-c2ccc3ncsc3c2)cc1Cl.[C-]#[N+]c1cnc2ccc(-c3cccnc3-c3ccc(F)c(Cl)c3)cn12. The number of nitrogens with zero attached hydrogens (tertiary/aromatic N) is 14. The molecule has 0 atom stereocenters. The van der Waals surface area contributed by atoms with Crippen molar-refractivity contribution in [3.8, 4) is 112 Å². The zero-order valence-electron chi connectivity index (χ0n) is 61.6. The lowest BCUT2D eigenvalue weighted by molar-refractivity contribution is 0.628. The Balaban J connectivity index is 0.000000111. The lowest BCUT2D eigenvalue weighted by atomic mass is 9.98. The quantitative estimate of drug-likeness (QED) is 0.0949. The number of fused-ring (bicyclic) bond motifs is 5. The Bertz CT molecular complexity index is 6910. The Labute approximate surface area is 705 Å². The maximum absolute atomic E-state index is 13.5. The van der Waals surface area contributed by atoms with Crippen LogP contribution in [0.5, 0.6) is 0 Å². The summed E-state index contributed by atoms with van der Waals surface area (Å²) in [6.07, 6.45) is 22.7. The molecule has 0 bridgehead atoms. The third kappa shape index (κ3) is 17.6. The molecule has 0 radical (unpaired) electrons. The molecule has 0 amide bonds. The average Bonchev–Trinajstić information content (AvgIpc) is 1.18. The predicted molar refractivity (Wildman–Crippen MR) is 466 cm³/mol. The molecular formula is C94H54Cl5F5N14S. The Kier molecular flexibility index (Phi) is 23.7. The number of aromatic nitrogens is 13. The second-order valence-corrected chi connectivity index (χ2v) is 29.3. The lowest BCUT2D eigenvalue weighted by Gasteiger charge is -2.10. The van der Waals surface area contributed by atoms with Crippen LogP contribution in [0.1, 0.15) is 0 Å². The lowest BCUT2D eigenvalue weighted by Crippen LogP contribution is -1.92. The van der Waals surface area contributed by atoms with E-state index in [2.05, 4.69) is 71.8 Å². The van der Waals surface area contributed by atoms with Gasteiger partial charge < -0.3 is 9.25 Å². The molecule has 0 unspecified atom stereocenters. The van der Waals surface area contributed by atoms with Crippen molar-refractivity contribution >= 4 is 119 Å². The predicted octanol–water partition coefficient (Wildman–Crippen LogP) is 27.0. The van der Waals surface area contributed by atoms with Gasteiger partial charge in [-0.15, -0.1) is 11.3 Å². The summed E-state index contributed by atoms with van der Waals surface area (Å²) in [6, 6.07) is 72.0. The van der Waals surface area contributed by atoms with Crippen LogP contribution >= 0.6 is 69.3 Å². The molecule has 0 aliphatic rings. The van der Waals surface area contributed by atoms with Crippen molar-refractivity contribution in [2.24, 2.45) is 0 Å². The van der Waals surface area contributed by atoms with Gasteiger partial charge >= 0.3 is 0 Å². The van der Waals surface area contributed by atoms with Gasteiger partial charge in [0.15, 0.2) is 0 Å². The van der Waals surface area contributed by atoms with E-state index in [1.807, 2.05) is 168 Å². The summed E-state index contributed by atoms with van der Waals surface area (Å²) in [5.74, 6) is -1.78. The molecule has 20 rings (SSSR count). The number of benzene rings is 8. The summed E-state index contributed by atoms with van der Waals surface area (Å²) in [5.41, 5.74) is 24.1. The fraction of sp³-hybridized carbons (Fsp3) is 0. The van der Waals surface area contributed by atoms with Crippen LogP contribution in [0.3, 0.4) is 0 Å². The van der Waals surface area contributed by atoms with Crippen LogP contribution in [-0.2, 0) is 0 Å². The molecule has 14 nitrogen and oxygen atoms in total. The minimum atomic E-state index is -0.468. The second-order valence-electron chi connectivity index (χ2n) is 26.3. The summed E-state index contributed by atoms with van der Waals surface area (Å²) in [5, 5.41) is 1.46. The zero-order chi connectivity index (χ0) is 82.0.